The predicted octanol–water partition coefficient (Wildman–Crippen LogP) is -0.668. The summed E-state index contributed by atoms with van der Waals surface area (Å²) in [5.74, 6) is -1.20. The maximum Gasteiger partial charge on any atom is 0.322 e. The molecule has 0 aromatic heterocycles. The Bertz CT molecular complexity index is 1530. The van der Waals surface area contributed by atoms with Gasteiger partial charge in [-0.05, 0) is 29.8 Å². The monoisotopic (exact) mass is 596 g/mol. The van der Waals surface area contributed by atoms with Crippen molar-refractivity contribution in [2.75, 3.05) is 63.1 Å². The van der Waals surface area contributed by atoms with Gasteiger partial charge >= 0.3 is 6.03 Å². The van der Waals surface area contributed by atoms with E-state index in [0.717, 1.165) is 5.56 Å². The minimum Gasteiger partial charge on any atom is -0.379 e. The molecular weight excluding hydrogens is 564 g/mol. The second-order valence-electron chi connectivity index (χ2n) is 11.0. The van der Waals surface area contributed by atoms with E-state index < -0.39 is 39.3 Å². The molecule has 2 aromatic carbocycles. The molecule has 0 saturated carbocycles. The van der Waals surface area contributed by atoms with Crippen molar-refractivity contribution in [3.05, 3.63) is 59.7 Å². The van der Waals surface area contributed by atoms with Gasteiger partial charge in [-0.15, -0.1) is 0 Å². The van der Waals surface area contributed by atoms with Crippen molar-refractivity contribution in [1.29, 1.82) is 0 Å². The van der Waals surface area contributed by atoms with Crippen LogP contribution < -0.4 is 20.9 Å². The molecule has 4 aliphatic heterocycles. The van der Waals surface area contributed by atoms with Crippen LogP contribution in [0.2, 0.25) is 0 Å². The molecule has 2 unspecified atom stereocenters. The minimum absolute atomic E-state index is 0.0315. The van der Waals surface area contributed by atoms with Gasteiger partial charge in [0.2, 0.25) is 5.91 Å². The normalized spacial score (nSPS) is 25.2. The Hall–Kier alpha value is -4.01. The predicted molar refractivity (Wildman–Crippen MR) is 150 cm³/mol. The number of likely N-dealkylation sites (tertiary alicyclic amines) is 1. The third-order valence-electron chi connectivity index (χ3n) is 8.29. The number of fused-ring (bicyclic) bond motifs is 1. The van der Waals surface area contributed by atoms with Gasteiger partial charge in [-0.25, -0.2) is 13.2 Å². The second kappa shape index (κ2) is 11.0. The van der Waals surface area contributed by atoms with Gasteiger partial charge in [-0.1, -0.05) is 24.3 Å². The summed E-state index contributed by atoms with van der Waals surface area (Å²) in [5.41, 5.74) is 0.426. The molecule has 42 heavy (non-hydrogen) atoms. The van der Waals surface area contributed by atoms with E-state index in [0.29, 0.717) is 55.5 Å². The van der Waals surface area contributed by atoms with E-state index >= 15 is 0 Å². The van der Waals surface area contributed by atoms with Gasteiger partial charge in [-0.3, -0.25) is 24.6 Å². The average Bonchev–Trinajstić information content (AvgIpc) is 3.48. The number of anilines is 1. The maximum absolute atomic E-state index is 13.3. The van der Waals surface area contributed by atoms with Crippen LogP contribution in [0.5, 0.6) is 0 Å². The van der Waals surface area contributed by atoms with Crippen molar-refractivity contribution in [3.8, 4) is 0 Å². The van der Waals surface area contributed by atoms with E-state index in [-0.39, 0.29) is 31.3 Å². The number of sulfone groups is 1. The molecule has 0 bridgehead atoms. The highest BCUT2D eigenvalue weighted by atomic mass is 32.2. The fraction of sp³-hybridized carbons (Fsp3) is 0.429. The summed E-state index contributed by atoms with van der Waals surface area (Å²) in [5, 5.41) is 7.77. The van der Waals surface area contributed by atoms with Crippen LogP contribution in [-0.4, -0.2) is 112 Å². The van der Waals surface area contributed by atoms with Crippen molar-refractivity contribution in [2.24, 2.45) is 0 Å². The molecule has 13 nitrogen and oxygen atoms in total. The Balaban J connectivity index is 1.14. The quantitative estimate of drug-likeness (QED) is 0.368. The zero-order valence-electron chi connectivity index (χ0n) is 22.9. The fourth-order valence-electron chi connectivity index (χ4n) is 5.95. The number of hydrogen-bond donors (Lipinski definition) is 3. The standard InChI is InChI=1S/C28H32N6O7S/c35-24(17-32-9-12-41-13-10-32)34-16-23(28(18-34)26(37)30-27(38)31-28)29-25(36)20-7-5-19(6-8-20)15-33-11-14-42(39,40)22-4-2-1-3-21(22)33/h1-8,23H,9-18H2,(H,29,36)(H2,30,31,37,38). The Morgan fingerprint density at radius 2 is 1.76 bits per heavy atom. The van der Waals surface area contributed by atoms with Crippen molar-refractivity contribution in [3.63, 3.8) is 0 Å². The smallest absolute Gasteiger partial charge is 0.322 e. The van der Waals surface area contributed by atoms with E-state index in [2.05, 4.69) is 16.0 Å². The topological polar surface area (TPSA) is 157 Å². The molecule has 0 radical (unpaired) electrons. The van der Waals surface area contributed by atoms with Crippen LogP contribution in [0.4, 0.5) is 10.5 Å². The summed E-state index contributed by atoms with van der Waals surface area (Å²) >= 11 is 0. The maximum atomic E-state index is 13.3. The van der Waals surface area contributed by atoms with Crippen LogP contribution in [0.3, 0.4) is 0 Å². The second-order valence-corrected chi connectivity index (χ2v) is 13.1. The molecule has 0 aliphatic carbocycles. The van der Waals surface area contributed by atoms with Gasteiger partial charge in [0.15, 0.2) is 15.4 Å². The fourth-order valence-corrected chi connectivity index (χ4v) is 7.44. The number of morpholine rings is 1. The van der Waals surface area contributed by atoms with E-state index in [4.69, 9.17) is 4.74 Å². The average molecular weight is 597 g/mol. The van der Waals surface area contributed by atoms with Crippen molar-refractivity contribution in [1.82, 2.24) is 25.8 Å². The number of carbonyl (C=O) groups is 4. The van der Waals surface area contributed by atoms with Gasteiger partial charge < -0.3 is 25.2 Å². The van der Waals surface area contributed by atoms with E-state index in [9.17, 15) is 27.6 Å². The SMILES string of the molecule is O=C1NC(=O)C2(CN(C(=O)CN3CCOCC3)CC2NC(=O)c2ccc(CN3CCS(=O)(=O)c4ccccc43)cc2)N1. The molecule has 6 rings (SSSR count). The van der Waals surface area contributed by atoms with Gasteiger partial charge in [-0.2, -0.15) is 0 Å². The van der Waals surface area contributed by atoms with E-state index in [1.807, 2.05) is 9.80 Å². The first kappa shape index (κ1) is 28.1. The molecule has 222 valence electrons. The highest BCUT2D eigenvalue weighted by Gasteiger charge is 2.58. The summed E-state index contributed by atoms with van der Waals surface area (Å²) in [6.07, 6.45) is 0. The summed E-state index contributed by atoms with van der Waals surface area (Å²) in [6.45, 7) is 3.34. The van der Waals surface area contributed by atoms with E-state index in [1.165, 1.54) is 4.90 Å². The zero-order chi connectivity index (χ0) is 29.5. The highest BCUT2D eigenvalue weighted by molar-refractivity contribution is 7.91. The molecule has 4 heterocycles. The molecule has 14 heteroatoms. The summed E-state index contributed by atoms with van der Waals surface area (Å²) < 4.78 is 30.3. The first-order valence-electron chi connectivity index (χ1n) is 13.8. The molecule has 4 aliphatic rings. The highest BCUT2D eigenvalue weighted by Crippen LogP contribution is 2.31. The Morgan fingerprint density at radius 3 is 2.48 bits per heavy atom. The number of para-hydroxylation sites is 1. The first-order chi connectivity index (χ1) is 20.1. The van der Waals surface area contributed by atoms with Gasteiger partial charge in [0.05, 0.1) is 48.7 Å². The van der Waals surface area contributed by atoms with Crippen LogP contribution in [-0.2, 0) is 30.7 Å². The molecule has 1 spiro atoms. The largest absolute Gasteiger partial charge is 0.379 e. The number of urea groups is 1. The van der Waals surface area contributed by atoms with Crippen LogP contribution in [0.15, 0.2) is 53.4 Å². The first-order valence-corrected chi connectivity index (χ1v) is 15.5. The minimum atomic E-state index is -3.31. The van der Waals surface area contributed by atoms with Gasteiger partial charge in [0.1, 0.15) is 0 Å². The number of nitrogens with zero attached hydrogens (tertiary/aromatic N) is 3. The summed E-state index contributed by atoms with van der Waals surface area (Å²) in [7, 11) is -3.31. The van der Waals surface area contributed by atoms with Crippen molar-refractivity contribution in [2.45, 2.75) is 23.0 Å². The summed E-state index contributed by atoms with van der Waals surface area (Å²) in [4.78, 5) is 57.2. The number of ether oxygens (including phenoxy) is 1. The van der Waals surface area contributed by atoms with Crippen LogP contribution in [0.25, 0.3) is 0 Å². The Labute approximate surface area is 243 Å². The molecule has 3 fully saturated rings. The number of nitrogens with one attached hydrogen (secondary N) is 3. The van der Waals surface area contributed by atoms with Crippen molar-refractivity contribution >= 4 is 39.3 Å². The molecule has 2 aromatic rings. The zero-order valence-corrected chi connectivity index (χ0v) is 23.7. The van der Waals surface area contributed by atoms with Crippen molar-refractivity contribution < 1.29 is 32.3 Å². The van der Waals surface area contributed by atoms with Crippen LogP contribution in [0, 0.1) is 0 Å². The lowest BCUT2D eigenvalue weighted by Crippen LogP contribution is -2.62. The number of rotatable bonds is 6. The Morgan fingerprint density at radius 1 is 1.02 bits per heavy atom. The number of amides is 5. The van der Waals surface area contributed by atoms with E-state index in [1.54, 1.807) is 48.5 Å². The molecule has 5 amide bonds. The molecular formula is C28H32N6O7S. The molecule has 2 atom stereocenters. The lowest BCUT2D eigenvalue weighted by atomic mass is 9.93. The van der Waals surface area contributed by atoms with Crippen LogP contribution in [0.1, 0.15) is 15.9 Å². The van der Waals surface area contributed by atoms with Gasteiger partial charge in [0, 0.05) is 38.3 Å². The number of hydrogen-bond acceptors (Lipinski definition) is 9. The molecule has 3 saturated heterocycles. The Kier molecular flexibility index (Phi) is 7.37. The third-order valence-corrected chi connectivity index (χ3v) is 10.0. The lowest BCUT2D eigenvalue weighted by Gasteiger charge is -2.31. The lowest BCUT2D eigenvalue weighted by molar-refractivity contribution is -0.133. The van der Waals surface area contributed by atoms with Gasteiger partial charge in [0.25, 0.3) is 11.8 Å². The number of carbonyl (C=O) groups excluding carboxylic acids is 4. The molecule has 3 N–H and O–H groups in total. The number of benzene rings is 2. The summed E-state index contributed by atoms with van der Waals surface area (Å²) in [6, 6.07) is 12.3. The number of imide groups is 1. The van der Waals surface area contributed by atoms with Crippen LogP contribution >= 0.6 is 0 Å². The third kappa shape index (κ3) is 5.32.